The van der Waals surface area contributed by atoms with Gasteiger partial charge in [0, 0.05) is 0 Å². The fraction of sp³-hybridized carbons (Fsp3) is 0.667. The average Bonchev–Trinajstić information content (AvgIpc) is 2.88. The van der Waals surface area contributed by atoms with E-state index in [0.29, 0.717) is 12.2 Å². The number of allylic oxidation sites excluding steroid dienone is 2. The van der Waals surface area contributed by atoms with Crippen LogP contribution in [0.25, 0.3) is 0 Å². The monoisotopic (exact) mass is 194 g/mol. The highest BCUT2D eigenvalue weighted by Gasteiger charge is 2.36. The maximum atomic E-state index is 9.53. The van der Waals surface area contributed by atoms with Gasteiger partial charge >= 0.3 is 0 Å². The number of rotatable bonds is 0. The number of aliphatic hydroxyl groups is 1. The van der Waals surface area contributed by atoms with E-state index < -0.39 is 0 Å². The summed E-state index contributed by atoms with van der Waals surface area (Å²) >= 11 is 0. The minimum absolute atomic E-state index is 0.281. The SMILES string of the molecule is O[C@@H]1/C=C\C[C@@H]2O[C@H]2CC/C=C\CC1. The molecule has 0 aromatic carbocycles. The van der Waals surface area contributed by atoms with E-state index in [-0.39, 0.29) is 6.10 Å². The molecule has 0 aromatic rings. The molecule has 0 bridgehead atoms. The van der Waals surface area contributed by atoms with Crippen LogP contribution in [0.2, 0.25) is 0 Å². The van der Waals surface area contributed by atoms with E-state index in [2.05, 4.69) is 18.2 Å². The third-order valence-electron chi connectivity index (χ3n) is 2.83. The summed E-state index contributed by atoms with van der Waals surface area (Å²) in [6.45, 7) is 0. The molecule has 0 saturated carbocycles. The molecule has 1 aliphatic carbocycles. The zero-order valence-electron chi connectivity index (χ0n) is 8.43. The number of ether oxygens (including phenoxy) is 1. The standard InChI is InChI=1S/C12H18O2/c13-10-6-3-1-2-4-8-11-12(14-11)9-5-7-10/h1-2,5,7,10-13H,3-4,6,8-9H2/b2-1-,7-5-/t10-,11-,12-/m0/s1. The third kappa shape index (κ3) is 2.96. The predicted octanol–water partition coefficient (Wildman–Crippen LogP) is 2.19. The lowest BCUT2D eigenvalue weighted by Crippen LogP contribution is -2.01. The summed E-state index contributed by atoms with van der Waals surface area (Å²) in [4.78, 5) is 0. The highest BCUT2D eigenvalue weighted by Crippen LogP contribution is 2.30. The van der Waals surface area contributed by atoms with Crippen molar-refractivity contribution >= 4 is 0 Å². The first kappa shape index (κ1) is 9.94. The number of aliphatic hydroxyl groups excluding tert-OH is 1. The molecule has 0 amide bonds. The van der Waals surface area contributed by atoms with Gasteiger partial charge in [-0.05, 0) is 32.1 Å². The quantitative estimate of drug-likeness (QED) is 0.473. The molecule has 2 nitrogen and oxygen atoms in total. The molecule has 2 aliphatic rings. The van der Waals surface area contributed by atoms with Crippen LogP contribution in [-0.2, 0) is 4.74 Å². The molecule has 1 heterocycles. The first-order valence-electron chi connectivity index (χ1n) is 5.51. The van der Waals surface area contributed by atoms with Crippen LogP contribution in [0.5, 0.6) is 0 Å². The first-order valence-corrected chi connectivity index (χ1v) is 5.51. The second-order valence-electron chi connectivity index (χ2n) is 4.07. The van der Waals surface area contributed by atoms with Gasteiger partial charge in [0.2, 0.25) is 0 Å². The van der Waals surface area contributed by atoms with E-state index in [4.69, 9.17) is 4.74 Å². The Morgan fingerprint density at radius 2 is 1.79 bits per heavy atom. The van der Waals surface area contributed by atoms with Crippen molar-refractivity contribution in [3.63, 3.8) is 0 Å². The summed E-state index contributed by atoms with van der Waals surface area (Å²) in [5, 5.41) is 9.53. The Bertz CT molecular complexity index is 232. The Labute approximate surface area is 85.3 Å². The molecule has 1 N–H and O–H groups in total. The van der Waals surface area contributed by atoms with Crippen LogP contribution in [0.4, 0.5) is 0 Å². The second kappa shape index (κ2) is 4.76. The van der Waals surface area contributed by atoms with Gasteiger partial charge in [0.25, 0.3) is 0 Å². The molecule has 14 heavy (non-hydrogen) atoms. The van der Waals surface area contributed by atoms with E-state index in [0.717, 1.165) is 32.1 Å². The minimum atomic E-state index is -0.281. The topological polar surface area (TPSA) is 32.8 Å². The van der Waals surface area contributed by atoms with Gasteiger partial charge in [-0.25, -0.2) is 0 Å². The zero-order chi connectivity index (χ0) is 9.80. The molecule has 2 rings (SSSR count). The molecule has 0 aromatic heterocycles. The van der Waals surface area contributed by atoms with E-state index in [9.17, 15) is 5.11 Å². The van der Waals surface area contributed by atoms with Gasteiger partial charge < -0.3 is 9.84 Å². The van der Waals surface area contributed by atoms with Gasteiger partial charge in [-0.1, -0.05) is 24.3 Å². The number of hydrogen-bond acceptors (Lipinski definition) is 2. The molecule has 1 saturated heterocycles. The molecular formula is C12H18O2. The normalized spacial score (nSPS) is 42.8. The summed E-state index contributed by atoms with van der Waals surface area (Å²) in [6.07, 6.45) is 14.0. The molecular weight excluding hydrogens is 176 g/mol. The first-order chi connectivity index (χ1) is 6.86. The van der Waals surface area contributed by atoms with Crippen molar-refractivity contribution in [3.8, 4) is 0 Å². The van der Waals surface area contributed by atoms with Gasteiger partial charge in [-0.2, -0.15) is 0 Å². The Morgan fingerprint density at radius 1 is 1.00 bits per heavy atom. The van der Waals surface area contributed by atoms with Crippen molar-refractivity contribution in [3.05, 3.63) is 24.3 Å². The molecule has 0 unspecified atom stereocenters. The van der Waals surface area contributed by atoms with Gasteiger partial charge in [0.15, 0.2) is 0 Å². The molecule has 1 aliphatic heterocycles. The van der Waals surface area contributed by atoms with Crippen molar-refractivity contribution in [2.45, 2.75) is 50.4 Å². The van der Waals surface area contributed by atoms with Crippen molar-refractivity contribution in [1.29, 1.82) is 0 Å². The van der Waals surface area contributed by atoms with Crippen LogP contribution >= 0.6 is 0 Å². The molecule has 2 heteroatoms. The summed E-state index contributed by atoms with van der Waals surface area (Å²) in [7, 11) is 0. The zero-order valence-corrected chi connectivity index (χ0v) is 8.43. The van der Waals surface area contributed by atoms with Crippen LogP contribution in [-0.4, -0.2) is 23.4 Å². The largest absolute Gasteiger partial charge is 0.389 e. The Balaban J connectivity index is 1.86. The second-order valence-corrected chi connectivity index (χ2v) is 4.07. The summed E-state index contributed by atoms with van der Waals surface area (Å²) in [5.41, 5.74) is 0. The Kier molecular flexibility index (Phi) is 3.38. The van der Waals surface area contributed by atoms with Crippen LogP contribution in [0.15, 0.2) is 24.3 Å². The van der Waals surface area contributed by atoms with Crippen LogP contribution in [0.1, 0.15) is 32.1 Å². The Hall–Kier alpha value is -0.600. The fourth-order valence-corrected chi connectivity index (χ4v) is 1.87. The van der Waals surface area contributed by atoms with E-state index in [1.807, 2.05) is 6.08 Å². The third-order valence-corrected chi connectivity index (χ3v) is 2.83. The maximum Gasteiger partial charge on any atom is 0.0876 e. The number of fused-ring (bicyclic) bond motifs is 1. The van der Waals surface area contributed by atoms with E-state index in [1.54, 1.807) is 0 Å². The van der Waals surface area contributed by atoms with Crippen LogP contribution < -0.4 is 0 Å². The van der Waals surface area contributed by atoms with Crippen LogP contribution in [0, 0.1) is 0 Å². The summed E-state index contributed by atoms with van der Waals surface area (Å²) < 4.78 is 5.50. The Morgan fingerprint density at radius 3 is 2.64 bits per heavy atom. The smallest absolute Gasteiger partial charge is 0.0876 e. The average molecular weight is 194 g/mol. The minimum Gasteiger partial charge on any atom is -0.389 e. The molecule has 1 fully saturated rings. The summed E-state index contributed by atoms with van der Waals surface area (Å²) in [6, 6.07) is 0. The van der Waals surface area contributed by atoms with Crippen molar-refractivity contribution in [2.24, 2.45) is 0 Å². The lowest BCUT2D eigenvalue weighted by Gasteiger charge is -2.02. The highest BCUT2D eigenvalue weighted by molar-refractivity contribution is 4.99. The van der Waals surface area contributed by atoms with E-state index in [1.165, 1.54) is 0 Å². The lowest BCUT2D eigenvalue weighted by atomic mass is 10.1. The van der Waals surface area contributed by atoms with Gasteiger partial charge in [-0.3, -0.25) is 0 Å². The number of epoxide rings is 1. The highest BCUT2D eigenvalue weighted by atomic mass is 16.6. The van der Waals surface area contributed by atoms with Crippen molar-refractivity contribution in [1.82, 2.24) is 0 Å². The van der Waals surface area contributed by atoms with Gasteiger partial charge in [-0.15, -0.1) is 0 Å². The number of hydrogen-bond donors (Lipinski definition) is 1. The van der Waals surface area contributed by atoms with Gasteiger partial charge in [0.05, 0.1) is 18.3 Å². The lowest BCUT2D eigenvalue weighted by molar-refractivity contribution is 0.213. The maximum absolute atomic E-state index is 9.53. The fourth-order valence-electron chi connectivity index (χ4n) is 1.87. The van der Waals surface area contributed by atoms with Crippen molar-refractivity contribution in [2.75, 3.05) is 0 Å². The molecule has 0 radical (unpaired) electrons. The molecule has 0 spiro atoms. The molecule has 3 atom stereocenters. The summed E-state index contributed by atoms with van der Waals surface area (Å²) in [5.74, 6) is 0. The van der Waals surface area contributed by atoms with Crippen LogP contribution in [0.3, 0.4) is 0 Å². The predicted molar refractivity (Wildman–Crippen MR) is 56.0 cm³/mol. The van der Waals surface area contributed by atoms with E-state index >= 15 is 0 Å². The molecule has 78 valence electrons. The van der Waals surface area contributed by atoms with Gasteiger partial charge in [0.1, 0.15) is 0 Å². The van der Waals surface area contributed by atoms with Crippen molar-refractivity contribution < 1.29 is 9.84 Å².